The first-order chi connectivity index (χ1) is 10.4. The molecule has 0 heterocycles. The molecule has 2 aromatic rings. The molecule has 0 aromatic heterocycles. The Morgan fingerprint density at radius 3 is 1.78 bits per heavy atom. The van der Waals surface area contributed by atoms with E-state index in [0.29, 0.717) is 5.39 Å². The third kappa shape index (κ3) is 10.4. The van der Waals surface area contributed by atoms with Crippen molar-refractivity contribution in [2.24, 2.45) is 0 Å². The molecule has 23 heavy (non-hydrogen) atoms. The second-order valence-corrected chi connectivity index (χ2v) is 6.05. The van der Waals surface area contributed by atoms with Crippen LogP contribution in [0, 0.1) is 13.8 Å². The van der Waals surface area contributed by atoms with Crippen LogP contribution in [0.4, 0.5) is 0 Å². The van der Waals surface area contributed by atoms with Gasteiger partial charge in [0.15, 0.2) is 0 Å². The van der Waals surface area contributed by atoms with Crippen LogP contribution in [0.3, 0.4) is 0 Å². The predicted octanol–water partition coefficient (Wildman–Crippen LogP) is 4.95. The van der Waals surface area contributed by atoms with Gasteiger partial charge in [0.25, 0.3) is 10.1 Å². The molecule has 0 aliphatic carbocycles. The molecule has 0 fully saturated rings. The molecule has 0 saturated carbocycles. The van der Waals surface area contributed by atoms with E-state index in [-0.39, 0.29) is 42.6 Å². The van der Waals surface area contributed by atoms with E-state index in [1.807, 2.05) is 6.07 Å². The monoisotopic (exact) mass is 362 g/mol. The van der Waals surface area contributed by atoms with Gasteiger partial charge in [0, 0.05) is 5.39 Å². The molecular weight excluding hydrogens is 336 g/mol. The molecule has 0 aliphatic heterocycles. The van der Waals surface area contributed by atoms with Crippen LogP contribution in [-0.2, 0) is 10.1 Å². The molecule has 0 aliphatic rings. The molecule has 0 unspecified atom stereocenters. The van der Waals surface area contributed by atoms with Crippen molar-refractivity contribution < 1.29 is 13.0 Å². The fourth-order valence-electron chi connectivity index (χ4n) is 1.42. The van der Waals surface area contributed by atoms with E-state index in [1.54, 1.807) is 30.3 Å². The Morgan fingerprint density at radius 1 is 0.913 bits per heavy atom. The number of hydrogen-bond donors (Lipinski definition) is 1. The summed E-state index contributed by atoms with van der Waals surface area (Å²) in [4.78, 5) is -0.0457. The van der Waals surface area contributed by atoms with E-state index in [2.05, 4.69) is 27.7 Å². The predicted molar refractivity (Wildman–Crippen MR) is 100 cm³/mol. The van der Waals surface area contributed by atoms with Crippen LogP contribution in [0.15, 0.2) is 47.4 Å². The van der Waals surface area contributed by atoms with Crippen LogP contribution in [0.1, 0.15) is 39.5 Å². The average molecular weight is 363 g/mol. The molecule has 2 aromatic carbocycles. The topological polar surface area (TPSA) is 54.4 Å². The van der Waals surface area contributed by atoms with E-state index in [9.17, 15) is 8.42 Å². The minimum Gasteiger partial charge on any atom is -0.343 e. The zero-order valence-electron chi connectivity index (χ0n) is 14.2. The summed E-state index contributed by atoms with van der Waals surface area (Å²) >= 11 is 0. The van der Waals surface area contributed by atoms with E-state index in [1.165, 1.54) is 18.9 Å². The van der Waals surface area contributed by atoms with Gasteiger partial charge in [-0.2, -0.15) is 21.3 Å². The van der Waals surface area contributed by atoms with Crippen LogP contribution in [0.2, 0.25) is 0 Å². The van der Waals surface area contributed by atoms with Gasteiger partial charge in [-0.3, -0.25) is 4.55 Å². The normalized spacial score (nSPS) is 9.78. The summed E-state index contributed by atoms with van der Waals surface area (Å²) in [5, 5.41) is 1.33. The van der Waals surface area contributed by atoms with Gasteiger partial charge < -0.3 is 13.8 Å². The van der Waals surface area contributed by atoms with Crippen molar-refractivity contribution in [3.05, 3.63) is 56.3 Å². The molecule has 0 spiro atoms. The summed E-state index contributed by atoms with van der Waals surface area (Å²) < 4.78 is 31.0. The van der Waals surface area contributed by atoms with Gasteiger partial charge in [-0.25, -0.2) is 0 Å². The summed E-state index contributed by atoms with van der Waals surface area (Å²) in [6.45, 7) is 11.4. The maximum Gasteiger partial charge on any atom is 2.00 e. The molecule has 2 rings (SSSR count). The van der Waals surface area contributed by atoms with Crippen molar-refractivity contribution in [1.82, 2.24) is 0 Å². The van der Waals surface area contributed by atoms with Crippen molar-refractivity contribution in [2.45, 2.75) is 44.4 Å². The number of fused-ring (bicyclic) bond motifs is 1. The summed E-state index contributed by atoms with van der Waals surface area (Å²) in [5.74, 6) is 0. The number of benzene rings is 2. The summed E-state index contributed by atoms with van der Waals surface area (Å²) in [5.41, 5.74) is 0. The Kier molecular flexibility index (Phi) is 15.5. The van der Waals surface area contributed by atoms with Gasteiger partial charge in [-0.15, -0.1) is 0 Å². The molecule has 0 radical (unpaired) electrons. The van der Waals surface area contributed by atoms with Crippen molar-refractivity contribution in [1.29, 1.82) is 0 Å². The van der Waals surface area contributed by atoms with Crippen molar-refractivity contribution in [2.75, 3.05) is 0 Å². The Hall–Kier alpha value is -0.130. The maximum atomic E-state index is 11.0. The molecular formula is C18H26CaO3S. The number of rotatable bonds is 3. The van der Waals surface area contributed by atoms with Gasteiger partial charge in [-0.05, 0) is 11.5 Å². The third-order valence-electron chi connectivity index (χ3n) is 2.73. The van der Waals surface area contributed by atoms with Crippen molar-refractivity contribution in [3.8, 4) is 0 Å². The Bertz CT molecular complexity index is 626. The molecule has 0 amide bonds. The zero-order chi connectivity index (χ0) is 17.0. The maximum absolute atomic E-state index is 11.0. The average Bonchev–Trinajstić information content (AvgIpc) is 2.54. The fraction of sp³-hybridized carbons (Fsp3) is 0.333. The standard InChI is InChI=1S/C10H8O3S.2C4H9.Ca/c11-14(12,13)10-7-3-5-8-4-1-2-6-9(8)10;2*1-3-4-2;/h1-7H,(H,11,12,13);2*1,3-4H2,2H3;/q;2*-1;+2. The van der Waals surface area contributed by atoms with Gasteiger partial charge in [0.2, 0.25) is 0 Å². The smallest absolute Gasteiger partial charge is 0.343 e. The summed E-state index contributed by atoms with van der Waals surface area (Å²) in [6, 6.07) is 11.8. The minimum absolute atomic E-state index is 0. The minimum atomic E-state index is -4.13. The second kappa shape index (κ2) is 14.2. The third-order valence-corrected chi connectivity index (χ3v) is 3.65. The SMILES string of the molecule is O=S(=O)(O)c1cccc2ccccc12.[CH2-]CCC.[CH2-]CCC.[Ca+2]. The van der Waals surface area contributed by atoms with Crippen molar-refractivity contribution >= 4 is 58.6 Å². The first kappa shape index (κ1) is 25.1. The first-order valence-corrected chi connectivity index (χ1v) is 8.90. The Morgan fingerprint density at radius 2 is 1.35 bits per heavy atom. The molecule has 1 N–H and O–H groups in total. The first-order valence-electron chi connectivity index (χ1n) is 7.46. The molecule has 124 valence electrons. The summed E-state index contributed by atoms with van der Waals surface area (Å²) in [7, 11) is -4.13. The fourth-order valence-corrected chi connectivity index (χ4v) is 2.13. The molecule has 0 bridgehead atoms. The quantitative estimate of drug-likeness (QED) is 0.478. The Balaban J connectivity index is 0. The van der Waals surface area contributed by atoms with Gasteiger partial charge in [0.1, 0.15) is 4.90 Å². The summed E-state index contributed by atoms with van der Waals surface area (Å²) in [6.07, 6.45) is 4.56. The van der Waals surface area contributed by atoms with Crippen LogP contribution in [0.25, 0.3) is 10.8 Å². The van der Waals surface area contributed by atoms with Crippen LogP contribution < -0.4 is 0 Å². The van der Waals surface area contributed by atoms with E-state index < -0.39 is 10.1 Å². The van der Waals surface area contributed by atoms with Gasteiger partial charge in [0.05, 0.1) is 0 Å². The number of unbranched alkanes of at least 4 members (excludes halogenated alkanes) is 2. The second-order valence-electron chi connectivity index (χ2n) is 4.66. The van der Waals surface area contributed by atoms with Gasteiger partial charge in [-0.1, -0.05) is 63.1 Å². The van der Waals surface area contributed by atoms with E-state index >= 15 is 0 Å². The zero-order valence-corrected chi connectivity index (χ0v) is 17.2. The van der Waals surface area contributed by atoms with Crippen LogP contribution >= 0.6 is 0 Å². The van der Waals surface area contributed by atoms with Gasteiger partial charge >= 0.3 is 37.7 Å². The van der Waals surface area contributed by atoms with Crippen molar-refractivity contribution in [3.63, 3.8) is 0 Å². The molecule has 3 nitrogen and oxygen atoms in total. The largest absolute Gasteiger partial charge is 2.00 e. The van der Waals surface area contributed by atoms with E-state index in [0.717, 1.165) is 18.2 Å². The van der Waals surface area contributed by atoms with Crippen LogP contribution in [0.5, 0.6) is 0 Å². The van der Waals surface area contributed by atoms with E-state index in [4.69, 9.17) is 4.55 Å². The molecule has 0 saturated heterocycles. The number of hydrogen-bond acceptors (Lipinski definition) is 2. The molecule has 5 heteroatoms. The Labute approximate surface area is 171 Å². The molecule has 0 atom stereocenters. The van der Waals surface area contributed by atoms with Crippen LogP contribution in [-0.4, -0.2) is 50.7 Å².